The third-order valence-electron chi connectivity index (χ3n) is 8.69. The average Bonchev–Trinajstić information content (AvgIpc) is 3.41. The summed E-state index contributed by atoms with van der Waals surface area (Å²) in [5.41, 5.74) is -0.199. The summed E-state index contributed by atoms with van der Waals surface area (Å²) in [7, 11) is -2.38. The molecule has 12 heteroatoms. The lowest BCUT2D eigenvalue weighted by molar-refractivity contribution is -0.138. The van der Waals surface area contributed by atoms with E-state index in [-0.39, 0.29) is 22.7 Å². The molecule has 0 N–H and O–H groups in total. The van der Waals surface area contributed by atoms with E-state index in [0.717, 1.165) is 60.5 Å². The van der Waals surface area contributed by atoms with Gasteiger partial charge in [-0.25, -0.2) is 8.42 Å². The van der Waals surface area contributed by atoms with Gasteiger partial charge in [-0.3, -0.25) is 14.2 Å². The molecule has 2 fully saturated rings. The molecular formula is C28H33F3N6O2S. The molecule has 0 radical (unpaired) electrons. The normalized spacial score (nSPS) is 26.5. The van der Waals surface area contributed by atoms with Crippen LogP contribution in [0.3, 0.4) is 0 Å². The van der Waals surface area contributed by atoms with Crippen molar-refractivity contribution in [3.63, 3.8) is 0 Å². The van der Waals surface area contributed by atoms with Crippen molar-refractivity contribution in [2.24, 2.45) is 18.9 Å². The van der Waals surface area contributed by atoms with E-state index >= 15 is 0 Å². The summed E-state index contributed by atoms with van der Waals surface area (Å²) in [5, 5.41) is 8.37. The topological polar surface area (TPSA) is 84.2 Å². The number of fused-ring (bicyclic) bond motifs is 1. The molecule has 1 aromatic carbocycles. The minimum atomic E-state index is -4.68. The SMILES string of the molecule is CC1CC(c2cncc(N3Cc4c(C(F)(F)F)cc(CN5CCC[C@H](C)C5)cc4S3(=O)=O)c2)(c2nncn2C)C1. The van der Waals surface area contributed by atoms with E-state index in [1.807, 2.05) is 11.6 Å². The standard InChI is InChI=1S/C28H33F3N6O2S/c1-18-5-4-6-36(14-18)15-20-7-24(28(29,30)31)23-16-37(40(38,39)25(23)8-20)22-9-21(12-32-13-22)27(10-19(2)11-27)26-34-33-17-35(26)3/h7-9,12-13,17-19H,4-6,10-11,14-16H2,1-3H3/t18-,19?,27?/m0/s1. The fourth-order valence-corrected chi connectivity index (χ4v) is 8.63. The van der Waals surface area contributed by atoms with Crippen LogP contribution >= 0.6 is 0 Å². The third kappa shape index (κ3) is 4.49. The van der Waals surface area contributed by atoms with Crippen LogP contribution in [0.4, 0.5) is 18.9 Å². The lowest BCUT2D eigenvalue weighted by Crippen LogP contribution is -2.43. The van der Waals surface area contributed by atoms with Crippen LogP contribution < -0.4 is 4.31 Å². The second kappa shape index (κ2) is 9.54. The number of pyridine rings is 1. The van der Waals surface area contributed by atoms with E-state index < -0.39 is 33.7 Å². The summed E-state index contributed by atoms with van der Waals surface area (Å²) in [4.78, 5) is 6.19. The zero-order valence-electron chi connectivity index (χ0n) is 22.8. The molecule has 2 aliphatic heterocycles. The Morgan fingerprint density at radius 3 is 2.52 bits per heavy atom. The Labute approximate surface area is 232 Å². The van der Waals surface area contributed by atoms with Gasteiger partial charge in [-0.05, 0) is 73.4 Å². The number of nitrogens with zero attached hydrogens (tertiary/aromatic N) is 6. The van der Waals surface area contributed by atoms with Crippen LogP contribution in [0, 0.1) is 11.8 Å². The quantitative estimate of drug-likeness (QED) is 0.432. The highest BCUT2D eigenvalue weighted by molar-refractivity contribution is 7.93. The maximum absolute atomic E-state index is 14.3. The molecule has 3 aromatic rings. The minimum absolute atomic E-state index is 0.214. The monoisotopic (exact) mass is 574 g/mol. The molecule has 4 heterocycles. The van der Waals surface area contributed by atoms with Crippen molar-refractivity contribution in [1.82, 2.24) is 24.6 Å². The summed E-state index contributed by atoms with van der Waals surface area (Å²) < 4.78 is 73.5. The van der Waals surface area contributed by atoms with Gasteiger partial charge in [-0.15, -0.1) is 10.2 Å². The van der Waals surface area contributed by atoms with Crippen molar-refractivity contribution in [2.75, 3.05) is 17.4 Å². The molecule has 1 aliphatic carbocycles. The Hall–Kier alpha value is -2.99. The number of benzene rings is 1. The number of alkyl halides is 3. The van der Waals surface area contributed by atoms with Crippen molar-refractivity contribution in [2.45, 2.75) is 69.1 Å². The van der Waals surface area contributed by atoms with Gasteiger partial charge >= 0.3 is 6.18 Å². The summed E-state index contributed by atoms with van der Waals surface area (Å²) >= 11 is 0. The van der Waals surface area contributed by atoms with Gasteiger partial charge in [0.15, 0.2) is 0 Å². The number of likely N-dealkylation sites (tertiary alicyclic amines) is 1. The number of hydrogen-bond donors (Lipinski definition) is 0. The van der Waals surface area contributed by atoms with Gasteiger partial charge in [0.2, 0.25) is 0 Å². The maximum atomic E-state index is 14.3. The number of piperidine rings is 1. The fourth-order valence-electron chi connectivity index (χ4n) is 6.93. The number of anilines is 1. The minimum Gasteiger partial charge on any atom is -0.320 e. The summed E-state index contributed by atoms with van der Waals surface area (Å²) in [6.45, 7) is 5.71. The van der Waals surface area contributed by atoms with Gasteiger partial charge < -0.3 is 4.57 Å². The lowest BCUT2D eigenvalue weighted by atomic mass is 9.59. The molecule has 1 atom stereocenters. The van der Waals surface area contributed by atoms with Crippen molar-refractivity contribution in [1.29, 1.82) is 0 Å². The molecule has 6 rings (SSSR count). The van der Waals surface area contributed by atoms with E-state index in [4.69, 9.17) is 0 Å². The molecule has 40 heavy (non-hydrogen) atoms. The Morgan fingerprint density at radius 2 is 1.88 bits per heavy atom. The van der Waals surface area contributed by atoms with Gasteiger partial charge in [-0.1, -0.05) is 13.8 Å². The molecule has 0 bridgehead atoms. The lowest BCUT2D eigenvalue weighted by Gasteiger charge is -2.45. The van der Waals surface area contributed by atoms with Gasteiger partial charge in [0.1, 0.15) is 12.2 Å². The smallest absolute Gasteiger partial charge is 0.320 e. The van der Waals surface area contributed by atoms with Gasteiger partial charge in [0.05, 0.1) is 34.3 Å². The first-order chi connectivity index (χ1) is 18.9. The predicted octanol–water partition coefficient (Wildman–Crippen LogP) is 4.89. The van der Waals surface area contributed by atoms with E-state index in [1.165, 1.54) is 12.3 Å². The number of rotatable bonds is 5. The zero-order chi connectivity index (χ0) is 28.4. The Balaban J connectivity index is 1.39. The van der Waals surface area contributed by atoms with Crippen molar-refractivity contribution in [3.8, 4) is 0 Å². The molecule has 0 spiro atoms. The van der Waals surface area contributed by atoms with Gasteiger partial charge in [0.25, 0.3) is 10.0 Å². The van der Waals surface area contributed by atoms with Crippen LogP contribution in [-0.2, 0) is 41.8 Å². The summed E-state index contributed by atoms with van der Waals surface area (Å²) in [6, 6.07) is 4.30. The maximum Gasteiger partial charge on any atom is 0.416 e. The average molecular weight is 575 g/mol. The molecule has 3 aliphatic rings. The second-order valence-electron chi connectivity index (χ2n) is 11.9. The van der Waals surface area contributed by atoms with E-state index in [9.17, 15) is 21.6 Å². The Kier molecular flexibility index (Phi) is 6.49. The highest BCUT2D eigenvalue weighted by Crippen LogP contribution is 2.52. The van der Waals surface area contributed by atoms with Crippen LogP contribution in [0.25, 0.3) is 0 Å². The number of hydrogen-bond acceptors (Lipinski definition) is 6. The molecule has 8 nitrogen and oxygen atoms in total. The van der Waals surface area contributed by atoms with E-state index in [2.05, 4.69) is 33.9 Å². The van der Waals surface area contributed by atoms with Crippen LogP contribution in [0.5, 0.6) is 0 Å². The molecule has 0 amide bonds. The number of halogens is 3. The summed E-state index contributed by atoms with van der Waals surface area (Å²) in [5.74, 6) is 1.64. The number of aryl methyl sites for hydroxylation is 1. The fraction of sp³-hybridized carbons (Fsp3) is 0.536. The van der Waals surface area contributed by atoms with Crippen LogP contribution in [0.2, 0.25) is 0 Å². The van der Waals surface area contributed by atoms with Crippen molar-refractivity contribution in [3.05, 3.63) is 65.0 Å². The van der Waals surface area contributed by atoms with E-state index in [1.54, 1.807) is 18.6 Å². The number of aromatic nitrogens is 4. The van der Waals surface area contributed by atoms with Gasteiger partial charge in [-0.2, -0.15) is 13.2 Å². The van der Waals surface area contributed by atoms with E-state index in [0.29, 0.717) is 17.4 Å². The Morgan fingerprint density at radius 1 is 1.10 bits per heavy atom. The largest absolute Gasteiger partial charge is 0.416 e. The molecule has 214 valence electrons. The first-order valence-electron chi connectivity index (χ1n) is 13.7. The van der Waals surface area contributed by atoms with Crippen LogP contribution in [-0.4, -0.2) is 46.2 Å². The first kappa shape index (κ1) is 27.2. The predicted molar refractivity (Wildman–Crippen MR) is 143 cm³/mol. The first-order valence-corrected chi connectivity index (χ1v) is 15.1. The zero-order valence-corrected chi connectivity index (χ0v) is 23.6. The molecule has 1 saturated heterocycles. The third-order valence-corrected chi connectivity index (χ3v) is 10.5. The van der Waals surface area contributed by atoms with Crippen molar-refractivity contribution < 1.29 is 21.6 Å². The van der Waals surface area contributed by atoms with Crippen LogP contribution in [0.1, 0.15) is 67.6 Å². The molecule has 0 unspecified atom stereocenters. The van der Waals surface area contributed by atoms with Crippen molar-refractivity contribution >= 4 is 15.7 Å². The number of sulfonamides is 1. The second-order valence-corrected chi connectivity index (χ2v) is 13.7. The highest BCUT2D eigenvalue weighted by Gasteiger charge is 2.49. The summed E-state index contributed by atoms with van der Waals surface area (Å²) in [6.07, 6.45) is 3.67. The molecular weight excluding hydrogens is 541 g/mol. The molecule has 1 saturated carbocycles. The Bertz CT molecular complexity index is 1550. The van der Waals surface area contributed by atoms with Gasteiger partial charge in [0, 0.05) is 31.9 Å². The molecule has 2 aromatic heterocycles. The highest BCUT2D eigenvalue weighted by atomic mass is 32.2. The van der Waals surface area contributed by atoms with Crippen LogP contribution in [0.15, 0.2) is 41.8 Å².